The number of ether oxygens (including phenoxy) is 2. The minimum Gasteiger partial charge on any atom is -0.490 e. The second-order valence-electron chi connectivity index (χ2n) is 6.99. The summed E-state index contributed by atoms with van der Waals surface area (Å²) in [6.07, 6.45) is 7.16. The molecular formula is C21H20N2O3S2. The van der Waals surface area contributed by atoms with Crippen molar-refractivity contribution < 1.29 is 14.3 Å². The Balaban J connectivity index is 1.37. The smallest absolute Gasteiger partial charge is 0.173 e. The lowest BCUT2D eigenvalue weighted by Crippen LogP contribution is -2.04. The summed E-state index contributed by atoms with van der Waals surface area (Å²) in [5.41, 5.74) is 2.05. The van der Waals surface area contributed by atoms with Crippen LogP contribution in [-0.4, -0.2) is 34.7 Å². The maximum atomic E-state index is 12.8. The number of nitrogens with zero attached hydrogens (tertiary/aromatic N) is 2. The van der Waals surface area contributed by atoms with E-state index in [-0.39, 0.29) is 5.78 Å². The number of thioether (sulfide) groups is 1. The van der Waals surface area contributed by atoms with Gasteiger partial charge in [0.15, 0.2) is 17.3 Å². The first-order valence-corrected chi connectivity index (χ1v) is 11.4. The number of carbonyl (C=O) groups is 1. The Morgan fingerprint density at radius 2 is 1.93 bits per heavy atom. The molecule has 0 unspecified atom stereocenters. The first-order chi connectivity index (χ1) is 13.8. The molecule has 0 spiro atoms. The summed E-state index contributed by atoms with van der Waals surface area (Å²) >= 11 is 3.29. The second kappa shape index (κ2) is 7.72. The standard InChI is InChI=1S/C21H20N2O3S2/c24-15(13-6-7-16-17(10-13)26-9-3-8-25-16)11-27-20-19-14-4-1-2-5-18(14)28-21(19)23-12-22-20/h6-7,10,12H,1-5,8-9,11H2. The SMILES string of the molecule is O=C(CSc1ncnc2sc3c(c12)CCCC3)c1ccc2c(c1)OCCCO2. The van der Waals surface area contributed by atoms with E-state index in [9.17, 15) is 4.79 Å². The van der Waals surface area contributed by atoms with Crippen LogP contribution in [0, 0.1) is 0 Å². The van der Waals surface area contributed by atoms with Gasteiger partial charge in [-0.2, -0.15) is 0 Å². The highest BCUT2D eigenvalue weighted by atomic mass is 32.2. The van der Waals surface area contributed by atoms with E-state index in [1.54, 1.807) is 23.7 Å². The van der Waals surface area contributed by atoms with Crippen LogP contribution in [0.25, 0.3) is 10.2 Å². The number of hydrogen-bond donors (Lipinski definition) is 0. The summed E-state index contributed by atoms with van der Waals surface area (Å²) in [6.45, 7) is 1.26. The molecule has 0 radical (unpaired) electrons. The number of rotatable bonds is 4. The van der Waals surface area contributed by atoms with Crippen molar-refractivity contribution in [3.05, 3.63) is 40.5 Å². The molecule has 0 bridgehead atoms. The predicted octanol–water partition coefficient (Wildman–Crippen LogP) is 4.71. The van der Waals surface area contributed by atoms with Crippen molar-refractivity contribution in [1.29, 1.82) is 0 Å². The van der Waals surface area contributed by atoms with Crippen LogP contribution in [0.2, 0.25) is 0 Å². The van der Waals surface area contributed by atoms with Crippen LogP contribution < -0.4 is 9.47 Å². The summed E-state index contributed by atoms with van der Waals surface area (Å²) in [4.78, 5) is 24.3. The molecule has 0 fully saturated rings. The van der Waals surface area contributed by atoms with Gasteiger partial charge >= 0.3 is 0 Å². The highest BCUT2D eigenvalue weighted by Crippen LogP contribution is 2.39. The molecule has 0 saturated carbocycles. The summed E-state index contributed by atoms with van der Waals surface area (Å²) in [5, 5.41) is 2.09. The number of hydrogen-bond acceptors (Lipinski definition) is 7. The summed E-state index contributed by atoms with van der Waals surface area (Å²) in [7, 11) is 0. The van der Waals surface area contributed by atoms with Gasteiger partial charge in [-0.05, 0) is 49.4 Å². The van der Waals surface area contributed by atoms with E-state index in [4.69, 9.17) is 9.47 Å². The minimum absolute atomic E-state index is 0.0662. The maximum absolute atomic E-state index is 12.8. The van der Waals surface area contributed by atoms with Gasteiger partial charge in [0.25, 0.3) is 0 Å². The average molecular weight is 413 g/mol. The fourth-order valence-electron chi connectivity index (χ4n) is 3.72. The Labute approximate surface area is 171 Å². The molecule has 0 atom stereocenters. The summed E-state index contributed by atoms with van der Waals surface area (Å²) < 4.78 is 11.4. The Hall–Kier alpha value is -2.12. The van der Waals surface area contributed by atoms with Crippen molar-refractivity contribution >= 4 is 39.1 Å². The van der Waals surface area contributed by atoms with Gasteiger partial charge in [0, 0.05) is 22.2 Å². The van der Waals surface area contributed by atoms with E-state index in [2.05, 4.69) is 9.97 Å². The highest BCUT2D eigenvalue weighted by molar-refractivity contribution is 8.00. The number of aromatic nitrogens is 2. The number of carbonyl (C=O) groups excluding carboxylic acids is 1. The van der Waals surface area contributed by atoms with Gasteiger partial charge in [-0.15, -0.1) is 11.3 Å². The number of Topliss-reactive ketones (excluding diaryl/α,β-unsaturated/α-hetero) is 1. The van der Waals surface area contributed by atoms with Gasteiger partial charge < -0.3 is 9.47 Å². The summed E-state index contributed by atoms with van der Waals surface area (Å²) in [6, 6.07) is 5.45. The van der Waals surface area contributed by atoms with E-state index >= 15 is 0 Å². The monoisotopic (exact) mass is 412 g/mol. The van der Waals surface area contributed by atoms with Crippen LogP contribution in [0.5, 0.6) is 11.5 Å². The van der Waals surface area contributed by atoms with Crippen LogP contribution in [0.15, 0.2) is 29.6 Å². The van der Waals surface area contributed by atoms with Gasteiger partial charge in [0.2, 0.25) is 0 Å². The normalized spacial score (nSPS) is 15.9. The minimum atomic E-state index is 0.0662. The lowest BCUT2D eigenvalue weighted by molar-refractivity contribution is 0.102. The van der Waals surface area contributed by atoms with Crippen molar-refractivity contribution in [3.8, 4) is 11.5 Å². The molecule has 3 heterocycles. The van der Waals surface area contributed by atoms with E-state index in [1.807, 2.05) is 12.1 Å². The van der Waals surface area contributed by atoms with Gasteiger partial charge in [0.1, 0.15) is 16.2 Å². The Kier molecular flexibility index (Phi) is 4.94. The van der Waals surface area contributed by atoms with Gasteiger partial charge in [-0.3, -0.25) is 4.79 Å². The van der Waals surface area contributed by atoms with Crippen LogP contribution in [-0.2, 0) is 12.8 Å². The Morgan fingerprint density at radius 1 is 1.07 bits per heavy atom. The second-order valence-corrected chi connectivity index (χ2v) is 9.04. The average Bonchev–Trinajstić information content (AvgIpc) is 2.95. The van der Waals surface area contributed by atoms with Crippen LogP contribution in [0.1, 0.15) is 40.1 Å². The first-order valence-electron chi connectivity index (χ1n) is 9.60. The van der Waals surface area contributed by atoms with Crippen molar-refractivity contribution in [2.45, 2.75) is 37.1 Å². The molecule has 3 aromatic rings. The van der Waals surface area contributed by atoms with Crippen molar-refractivity contribution in [2.75, 3.05) is 19.0 Å². The molecule has 1 aromatic carbocycles. The molecule has 1 aliphatic carbocycles. The van der Waals surface area contributed by atoms with Gasteiger partial charge in [0.05, 0.1) is 19.0 Å². The quantitative estimate of drug-likeness (QED) is 0.351. The Bertz CT molecular complexity index is 1050. The van der Waals surface area contributed by atoms with Crippen molar-refractivity contribution in [3.63, 3.8) is 0 Å². The van der Waals surface area contributed by atoms with Crippen LogP contribution >= 0.6 is 23.1 Å². The molecule has 0 N–H and O–H groups in total. The molecule has 5 nitrogen and oxygen atoms in total. The van der Waals surface area contributed by atoms with Gasteiger partial charge in [-0.1, -0.05) is 11.8 Å². The lowest BCUT2D eigenvalue weighted by Gasteiger charge is -2.11. The number of aryl methyl sites for hydroxylation is 2. The predicted molar refractivity (Wildman–Crippen MR) is 111 cm³/mol. The van der Waals surface area contributed by atoms with Crippen molar-refractivity contribution in [1.82, 2.24) is 9.97 Å². The molecule has 28 heavy (non-hydrogen) atoms. The molecule has 5 rings (SSSR count). The maximum Gasteiger partial charge on any atom is 0.173 e. The fraction of sp³-hybridized carbons (Fsp3) is 0.381. The topological polar surface area (TPSA) is 61.3 Å². The molecule has 0 saturated heterocycles. The van der Waals surface area contributed by atoms with E-state index in [0.29, 0.717) is 36.0 Å². The Morgan fingerprint density at radius 3 is 2.86 bits per heavy atom. The molecule has 1 aliphatic heterocycles. The van der Waals surface area contributed by atoms with Gasteiger partial charge in [-0.25, -0.2) is 9.97 Å². The first kappa shape index (κ1) is 17.9. The molecule has 144 valence electrons. The third kappa shape index (κ3) is 3.37. The van der Waals surface area contributed by atoms with E-state index in [1.165, 1.54) is 40.4 Å². The highest BCUT2D eigenvalue weighted by Gasteiger charge is 2.21. The third-order valence-corrected chi connectivity index (χ3v) is 7.32. The third-order valence-electron chi connectivity index (χ3n) is 5.13. The molecule has 7 heteroatoms. The zero-order valence-electron chi connectivity index (χ0n) is 15.4. The van der Waals surface area contributed by atoms with Crippen molar-refractivity contribution in [2.24, 2.45) is 0 Å². The number of fused-ring (bicyclic) bond motifs is 4. The molecule has 2 aliphatic rings. The van der Waals surface area contributed by atoms with Crippen LogP contribution in [0.3, 0.4) is 0 Å². The molecule has 0 amide bonds. The van der Waals surface area contributed by atoms with E-state index < -0.39 is 0 Å². The lowest BCUT2D eigenvalue weighted by atomic mass is 9.97. The fourth-order valence-corrected chi connectivity index (χ4v) is 5.94. The summed E-state index contributed by atoms with van der Waals surface area (Å²) in [5.74, 6) is 1.78. The zero-order valence-corrected chi connectivity index (χ0v) is 17.0. The number of thiophene rings is 1. The zero-order chi connectivity index (χ0) is 18.9. The van der Waals surface area contributed by atoms with Crippen LogP contribution in [0.4, 0.5) is 0 Å². The molecule has 2 aromatic heterocycles. The number of benzene rings is 1. The van der Waals surface area contributed by atoms with E-state index in [0.717, 1.165) is 29.1 Å². The molecular weight excluding hydrogens is 392 g/mol. The number of ketones is 1. The largest absolute Gasteiger partial charge is 0.490 e.